The summed E-state index contributed by atoms with van der Waals surface area (Å²) in [6, 6.07) is 0. The Morgan fingerprint density at radius 1 is 1.21 bits per heavy atom. The van der Waals surface area contributed by atoms with Crippen molar-refractivity contribution >= 4 is 17.8 Å². The van der Waals surface area contributed by atoms with Crippen LogP contribution < -0.4 is 5.73 Å². The molecule has 0 aromatic heterocycles. The molecule has 100 valence electrons. The second-order valence-electron chi connectivity index (χ2n) is 6.04. The van der Waals surface area contributed by atoms with Crippen LogP contribution in [-0.4, -0.2) is 0 Å². The third-order valence-electron chi connectivity index (χ3n) is 4.78. The first-order chi connectivity index (χ1) is 9.13. The minimum atomic E-state index is 0.812. The molecule has 1 fully saturated rings. The van der Waals surface area contributed by atoms with Crippen molar-refractivity contribution in [3.63, 3.8) is 0 Å². The molecular formula is C18H23N. The van der Waals surface area contributed by atoms with Gasteiger partial charge in [0.25, 0.3) is 0 Å². The summed E-state index contributed by atoms with van der Waals surface area (Å²) in [5.41, 5.74) is 15.6. The molecule has 0 bridgehead atoms. The second-order valence-corrected chi connectivity index (χ2v) is 6.04. The van der Waals surface area contributed by atoms with Crippen molar-refractivity contribution in [3.05, 3.63) is 40.0 Å². The Balaban J connectivity index is 2.19. The van der Waals surface area contributed by atoms with Gasteiger partial charge in [-0.15, -0.1) is 0 Å². The van der Waals surface area contributed by atoms with E-state index in [9.17, 15) is 0 Å². The fourth-order valence-electron chi connectivity index (χ4n) is 3.42. The van der Waals surface area contributed by atoms with Gasteiger partial charge in [0.1, 0.15) is 0 Å². The first-order valence-electron chi connectivity index (χ1n) is 7.38. The SMILES string of the molecule is C=Cc1c(N)c2c(c(C)c1/C=C(\C)C1CC1)CCC2. The van der Waals surface area contributed by atoms with E-state index in [2.05, 4.69) is 26.5 Å². The Hall–Kier alpha value is -1.50. The lowest BCUT2D eigenvalue weighted by molar-refractivity contribution is 0.909. The number of anilines is 1. The van der Waals surface area contributed by atoms with Crippen LogP contribution in [0.15, 0.2) is 12.2 Å². The van der Waals surface area contributed by atoms with Gasteiger partial charge in [0, 0.05) is 11.3 Å². The van der Waals surface area contributed by atoms with Gasteiger partial charge in [-0.25, -0.2) is 0 Å². The van der Waals surface area contributed by atoms with Gasteiger partial charge in [-0.2, -0.15) is 0 Å². The molecule has 0 unspecified atom stereocenters. The van der Waals surface area contributed by atoms with Crippen molar-refractivity contribution in [1.82, 2.24) is 0 Å². The van der Waals surface area contributed by atoms with E-state index in [1.54, 1.807) is 0 Å². The van der Waals surface area contributed by atoms with Crippen molar-refractivity contribution in [3.8, 4) is 0 Å². The molecule has 0 atom stereocenters. The molecule has 2 aliphatic carbocycles. The van der Waals surface area contributed by atoms with Crippen LogP contribution in [0.3, 0.4) is 0 Å². The summed E-state index contributed by atoms with van der Waals surface area (Å²) in [5.74, 6) is 0.812. The normalized spacial score (nSPS) is 18.5. The highest BCUT2D eigenvalue weighted by molar-refractivity contribution is 5.81. The molecule has 19 heavy (non-hydrogen) atoms. The van der Waals surface area contributed by atoms with Crippen LogP contribution in [-0.2, 0) is 12.8 Å². The van der Waals surface area contributed by atoms with E-state index in [4.69, 9.17) is 5.73 Å². The van der Waals surface area contributed by atoms with Gasteiger partial charge in [-0.05, 0) is 74.1 Å². The summed E-state index contributed by atoms with van der Waals surface area (Å²) in [7, 11) is 0. The summed E-state index contributed by atoms with van der Waals surface area (Å²) in [6.07, 6.45) is 10.6. The van der Waals surface area contributed by atoms with Crippen molar-refractivity contribution in [2.75, 3.05) is 5.73 Å². The molecule has 1 saturated carbocycles. The molecule has 1 nitrogen and oxygen atoms in total. The minimum absolute atomic E-state index is 0.812. The number of allylic oxidation sites excluding steroid dienone is 1. The number of hydrogen-bond donors (Lipinski definition) is 1. The van der Waals surface area contributed by atoms with Crippen LogP contribution in [0.2, 0.25) is 0 Å². The highest BCUT2D eigenvalue weighted by Crippen LogP contribution is 2.41. The van der Waals surface area contributed by atoms with Crippen molar-refractivity contribution < 1.29 is 0 Å². The Morgan fingerprint density at radius 3 is 2.53 bits per heavy atom. The fraction of sp³-hybridized carbons (Fsp3) is 0.444. The molecule has 3 rings (SSSR count). The first-order valence-corrected chi connectivity index (χ1v) is 7.38. The quantitative estimate of drug-likeness (QED) is 0.787. The third-order valence-corrected chi connectivity index (χ3v) is 4.78. The molecule has 0 aliphatic heterocycles. The second kappa shape index (κ2) is 4.56. The summed E-state index contributed by atoms with van der Waals surface area (Å²) in [6.45, 7) is 8.49. The maximum Gasteiger partial charge on any atom is 0.0429 e. The summed E-state index contributed by atoms with van der Waals surface area (Å²) >= 11 is 0. The van der Waals surface area contributed by atoms with E-state index >= 15 is 0 Å². The molecule has 1 heteroatoms. The third kappa shape index (κ3) is 2.01. The Morgan fingerprint density at radius 2 is 1.89 bits per heavy atom. The van der Waals surface area contributed by atoms with Crippen molar-refractivity contribution in [2.45, 2.75) is 46.0 Å². The maximum atomic E-state index is 6.38. The topological polar surface area (TPSA) is 26.0 Å². The van der Waals surface area contributed by atoms with Crippen LogP contribution in [0.5, 0.6) is 0 Å². The van der Waals surface area contributed by atoms with E-state index in [0.717, 1.165) is 23.6 Å². The van der Waals surface area contributed by atoms with Gasteiger partial charge in [0.15, 0.2) is 0 Å². The Labute approximate surface area is 116 Å². The highest BCUT2D eigenvalue weighted by Gasteiger charge is 2.25. The molecule has 2 aliphatic rings. The monoisotopic (exact) mass is 253 g/mol. The fourth-order valence-corrected chi connectivity index (χ4v) is 3.42. The van der Waals surface area contributed by atoms with Crippen LogP contribution >= 0.6 is 0 Å². The van der Waals surface area contributed by atoms with Gasteiger partial charge in [0.05, 0.1) is 0 Å². The zero-order chi connectivity index (χ0) is 13.6. The molecule has 0 radical (unpaired) electrons. The van der Waals surface area contributed by atoms with Crippen LogP contribution in [0.4, 0.5) is 5.69 Å². The predicted octanol–water partition coefficient (Wildman–Crippen LogP) is 4.52. The molecule has 1 aromatic carbocycles. The number of benzene rings is 1. The van der Waals surface area contributed by atoms with E-state index in [1.165, 1.54) is 53.5 Å². The Kier molecular flexibility index (Phi) is 3.00. The number of rotatable bonds is 3. The largest absolute Gasteiger partial charge is 0.398 e. The minimum Gasteiger partial charge on any atom is -0.398 e. The molecular weight excluding hydrogens is 230 g/mol. The number of hydrogen-bond acceptors (Lipinski definition) is 1. The Bertz CT molecular complexity index is 574. The van der Waals surface area contributed by atoms with Gasteiger partial charge >= 0.3 is 0 Å². The molecule has 1 aromatic rings. The van der Waals surface area contributed by atoms with Crippen LogP contribution in [0.25, 0.3) is 12.2 Å². The lowest BCUT2D eigenvalue weighted by Crippen LogP contribution is -2.03. The number of nitrogens with two attached hydrogens (primary N) is 1. The van der Waals surface area contributed by atoms with Crippen molar-refractivity contribution in [2.24, 2.45) is 5.92 Å². The lowest BCUT2D eigenvalue weighted by atomic mass is 9.90. The van der Waals surface area contributed by atoms with Gasteiger partial charge in [-0.1, -0.05) is 24.3 Å². The van der Waals surface area contributed by atoms with E-state index in [-0.39, 0.29) is 0 Å². The molecule has 0 spiro atoms. The van der Waals surface area contributed by atoms with Crippen LogP contribution in [0, 0.1) is 12.8 Å². The van der Waals surface area contributed by atoms with Crippen LogP contribution in [0.1, 0.15) is 54.0 Å². The summed E-state index contributed by atoms with van der Waals surface area (Å²) in [5, 5.41) is 0. The zero-order valence-corrected chi connectivity index (χ0v) is 12.1. The predicted molar refractivity (Wildman–Crippen MR) is 84.1 cm³/mol. The highest BCUT2D eigenvalue weighted by atomic mass is 14.6. The average Bonchev–Trinajstić information content (AvgIpc) is 3.13. The molecule has 0 amide bonds. The lowest BCUT2D eigenvalue weighted by Gasteiger charge is -2.17. The standard InChI is InChI=1S/C18H23N/c1-4-14-17(10-11(2)13-8-9-13)12(3)15-6-5-7-16(15)18(14)19/h4,10,13H,1,5-9,19H2,2-3H3/b11-10+. The maximum absolute atomic E-state index is 6.38. The van der Waals surface area contributed by atoms with E-state index < -0.39 is 0 Å². The molecule has 0 heterocycles. The van der Waals surface area contributed by atoms with E-state index in [1.807, 2.05) is 6.08 Å². The smallest absolute Gasteiger partial charge is 0.0429 e. The molecule has 0 saturated heterocycles. The van der Waals surface area contributed by atoms with Gasteiger partial charge < -0.3 is 5.73 Å². The summed E-state index contributed by atoms with van der Waals surface area (Å²) < 4.78 is 0. The zero-order valence-electron chi connectivity index (χ0n) is 12.1. The van der Waals surface area contributed by atoms with E-state index in [0.29, 0.717) is 0 Å². The average molecular weight is 253 g/mol. The summed E-state index contributed by atoms with van der Waals surface area (Å²) in [4.78, 5) is 0. The first kappa shape index (κ1) is 12.5. The number of nitrogen functional groups attached to an aromatic ring is 1. The van der Waals surface area contributed by atoms with Gasteiger partial charge in [-0.3, -0.25) is 0 Å². The molecule has 2 N–H and O–H groups in total. The number of fused-ring (bicyclic) bond motifs is 1. The van der Waals surface area contributed by atoms with Crippen molar-refractivity contribution in [1.29, 1.82) is 0 Å². The van der Waals surface area contributed by atoms with Gasteiger partial charge in [0.2, 0.25) is 0 Å².